The number of hydrogen-bond donors (Lipinski definition) is 0. The van der Waals surface area contributed by atoms with Crippen LogP contribution in [-0.4, -0.2) is 41.0 Å². The molecule has 2 heterocycles. The van der Waals surface area contributed by atoms with E-state index in [1.807, 2.05) is 54.3 Å². The topological polar surface area (TPSA) is 32.3 Å². The van der Waals surface area contributed by atoms with Crippen LogP contribution in [0.15, 0.2) is 60.7 Å². The standard InChI is InChI=1S/C23H24F2N4/c1-17-7-9-19(10-8-17)20-15-21(22(24)25)27-23(26-20)29-13-11-28(12-14-29)16-18-5-3-2-4-6-18/h2-10,15,22H,11-14,16H2,1H3. The first-order valence-electron chi connectivity index (χ1n) is 9.84. The molecule has 2 aromatic carbocycles. The van der Waals surface area contributed by atoms with Crippen LogP contribution in [0.3, 0.4) is 0 Å². The summed E-state index contributed by atoms with van der Waals surface area (Å²) >= 11 is 0. The summed E-state index contributed by atoms with van der Waals surface area (Å²) in [6, 6.07) is 19.5. The maximum Gasteiger partial charge on any atom is 0.280 e. The average molecular weight is 394 g/mol. The third kappa shape index (κ3) is 4.77. The molecule has 1 aliphatic heterocycles. The van der Waals surface area contributed by atoms with Crippen LogP contribution in [0, 0.1) is 6.92 Å². The van der Waals surface area contributed by atoms with Crippen LogP contribution in [0.4, 0.5) is 14.7 Å². The summed E-state index contributed by atoms with van der Waals surface area (Å²) in [5.74, 6) is 0.387. The molecule has 0 atom stereocenters. The molecule has 0 N–H and O–H groups in total. The zero-order valence-electron chi connectivity index (χ0n) is 16.4. The molecule has 4 nitrogen and oxygen atoms in total. The van der Waals surface area contributed by atoms with E-state index >= 15 is 0 Å². The minimum atomic E-state index is -2.62. The highest BCUT2D eigenvalue weighted by atomic mass is 19.3. The van der Waals surface area contributed by atoms with Crippen LogP contribution in [0.2, 0.25) is 0 Å². The van der Waals surface area contributed by atoms with E-state index in [4.69, 9.17) is 0 Å². The van der Waals surface area contributed by atoms with Gasteiger partial charge in [-0.15, -0.1) is 0 Å². The zero-order chi connectivity index (χ0) is 20.2. The second-order valence-corrected chi connectivity index (χ2v) is 7.39. The second kappa shape index (κ2) is 8.66. The summed E-state index contributed by atoms with van der Waals surface area (Å²) in [5, 5.41) is 0. The fourth-order valence-corrected chi connectivity index (χ4v) is 3.53. The third-order valence-electron chi connectivity index (χ3n) is 5.21. The van der Waals surface area contributed by atoms with E-state index in [1.54, 1.807) is 0 Å². The van der Waals surface area contributed by atoms with Crippen molar-refractivity contribution in [2.75, 3.05) is 31.1 Å². The van der Waals surface area contributed by atoms with E-state index in [0.29, 0.717) is 24.7 Å². The van der Waals surface area contributed by atoms with Crippen LogP contribution in [-0.2, 0) is 6.54 Å². The maximum atomic E-state index is 13.5. The predicted molar refractivity (Wildman–Crippen MR) is 111 cm³/mol. The van der Waals surface area contributed by atoms with Crippen LogP contribution < -0.4 is 4.90 Å². The summed E-state index contributed by atoms with van der Waals surface area (Å²) in [5.41, 5.74) is 3.53. The molecule has 1 aromatic heterocycles. The Morgan fingerprint density at radius 1 is 0.897 bits per heavy atom. The number of anilines is 1. The van der Waals surface area contributed by atoms with Gasteiger partial charge in [-0.3, -0.25) is 4.90 Å². The largest absolute Gasteiger partial charge is 0.338 e. The van der Waals surface area contributed by atoms with E-state index in [2.05, 4.69) is 27.0 Å². The second-order valence-electron chi connectivity index (χ2n) is 7.39. The molecule has 0 unspecified atom stereocenters. The number of piperazine rings is 1. The van der Waals surface area contributed by atoms with Crippen LogP contribution in [0.5, 0.6) is 0 Å². The molecule has 6 heteroatoms. The lowest BCUT2D eigenvalue weighted by Gasteiger charge is -2.35. The quantitative estimate of drug-likeness (QED) is 0.627. The number of halogens is 2. The molecule has 0 spiro atoms. The van der Waals surface area contributed by atoms with Gasteiger partial charge in [-0.2, -0.15) is 0 Å². The van der Waals surface area contributed by atoms with Gasteiger partial charge in [0.05, 0.1) is 5.69 Å². The Morgan fingerprint density at radius 3 is 2.24 bits per heavy atom. The lowest BCUT2D eigenvalue weighted by atomic mass is 10.1. The fraction of sp³-hybridized carbons (Fsp3) is 0.304. The number of rotatable bonds is 5. The van der Waals surface area contributed by atoms with Crippen molar-refractivity contribution < 1.29 is 8.78 Å². The van der Waals surface area contributed by atoms with Gasteiger partial charge >= 0.3 is 0 Å². The highest BCUT2D eigenvalue weighted by Crippen LogP contribution is 2.26. The average Bonchev–Trinajstić information content (AvgIpc) is 2.75. The van der Waals surface area contributed by atoms with Crippen molar-refractivity contribution >= 4 is 5.95 Å². The molecule has 1 fully saturated rings. The van der Waals surface area contributed by atoms with Gasteiger partial charge in [0.2, 0.25) is 5.95 Å². The van der Waals surface area contributed by atoms with E-state index in [-0.39, 0.29) is 5.69 Å². The molecule has 0 aliphatic carbocycles. The van der Waals surface area contributed by atoms with E-state index < -0.39 is 6.43 Å². The van der Waals surface area contributed by atoms with E-state index in [9.17, 15) is 8.78 Å². The monoisotopic (exact) mass is 394 g/mol. The van der Waals surface area contributed by atoms with Crippen molar-refractivity contribution in [1.82, 2.24) is 14.9 Å². The summed E-state index contributed by atoms with van der Waals surface area (Å²) in [6.07, 6.45) is -2.62. The van der Waals surface area contributed by atoms with Gasteiger partial charge in [0.25, 0.3) is 6.43 Å². The Hall–Kier alpha value is -2.86. The molecule has 0 radical (unpaired) electrons. The Bertz CT molecular complexity index is 937. The van der Waals surface area contributed by atoms with Crippen molar-refractivity contribution in [1.29, 1.82) is 0 Å². The van der Waals surface area contributed by atoms with Crippen molar-refractivity contribution in [3.05, 3.63) is 77.5 Å². The summed E-state index contributed by atoms with van der Waals surface area (Å²) in [4.78, 5) is 13.1. The Morgan fingerprint density at radius 2 is 1.59 bits per heavy atom. The molecule has 1 saturated heterocycles. The highest BCUT2D eigenvalue weighted by molar-refractivity contribution is 5.61. The lowest BCUT2D eigenvalue weighted by Crippen LogP contribution is -2.46. The van der Waals surface area contributed by atoms with Crippen molar-refractivity contribution in [3.63, 3.8) is 0 Å². The molecule has 1 aliphatic rings. The minimum Gasteiger partial charge on any atom is -0.338 e. The first kappa shape index (κ1) is 19.5. The predicted octanol–water partition coefficient (Wildman–Crippen LogP) is 4.71. The molecule has 150 valence electrons. The normalized spacial score (nSPS) is 15.1. The van der Waals surface area contributed by atoms with E-state index in [0.717, 1.165) is 30.8 Å². The van der Waals surface area contributed by atoms with Crippen molar-refractivity contribution in [2.45, 2.75) is 19.9 Å². The molecule has 0 bridgehead atoms. The van der Waals surface area contributed by atoms with Gasteiger partial charge in [-0.05, 0) is 18.6 Å². The molecule has 0 saturated carbocycles. The zero-order valence-corrected chi connectivity index (χ0v) is 16.4. The smallest absolute Gasteiger partial charge is 0.280 e. The fourth-order valence-electron chi connectivity index (χ4n) is 3.53. The number of aromatic nitrogens is 2. The molecule has 0 amide bonds. The summed E-state index contributed by atoms with van der Waals surface area (Å²) < 4.78 is 26.9. The Balaban J connectivity index is 1.51. The number of alkyl halides is 2. The van der Waals surface area contributed by atoms with Gasteiger partial charge in [0.1, 0.15) is 5.69 Å². The number of aryl methyl sites for hydroxylation is 1. The number of nitrogens with zero attached hydrogens (tertiary/aromatic N) is 4. The first-order chi connectivity index (χ1) is 14.1. The van der Waals surface area contributed by atoms with Gasteiger partial charge in [0.15, 0.2) is 0 Å². The molecular weight excluding hydrogens is 370 g/mol. The van der Waals surface area contributed by atoms with E-state index in [1.165, 1.54) is 11.6 Å². The highest BCUT2D eigenvalue weighted by Gasteiger charge is 2.22. The summed E-state index contributed by atoms with van der Waals surface area (Å²) in [7, 11) is 0. The molecular formula is C23H24F2N4. The molecule has 29 heavy (non-hydrogen) atoms. The Labute approximate surface area is 169 Å². The van der Waals surface area contributed by atoms with Crippen molar-refractivity contribution in [3.8, 4) is 11.3 Å². The van der Waals surface area contributed by atoms with Gasteiger partial charge in [-0.25, -0.2) is 18.7 Å². The Kier molecular flexibility index (Phi) is 5.81. The van der Waals surface area contributed by atoms with Crippen LogP contribution in [0.25, 0.3) is 11.3 Å². The van der Waals surface area contributed by atoms with Crippen LogP contribution in [0.1, 0.15) is 23.2 Å². The summed E-state index contributed by atoms with van der Waals surface area (Å²) in [6.45, 7) is 6.00. The van der Waals surface area contributed by atoms with Crippen LogP contribution >= 0.6 is 0 Å². The SMILES string of the molecule is Cc1ccc(-c2cc(C(F)F)nc(N3CCN(Cc4ccccc4)CC3)n2)cc1. The van der Waals surface area contributed by atoms with Gasteiger partial charge < -0.3 is 4.90 Å². The first-order valence-corrected chi connectivity index (χ1v) is 9.84. The van der Waals surface area contributed by atoms with Gasteiger partial charge in [0, 0.05) is 38.3 Å². The molecule has 4 rings (SSSR count). The molecule has 3 aromatic rings. The van der Waals surface area contributed by atoms with Crippen molar-refractivity contribution in [2.24, 2.45) is 0 Å². The maximum absolute atomic E-state index is 13.5. The number of benzene rings is 2. The number of hydrogen-bond acceptors (Lipinski definition) is 4. The third-order valence-corrected chi connectivity index (χ3v) is 5.21. The minimum absolute atomic E-state index is 0.225. The van der Waals surface area contributed by atoms with Gasteiger partial charge in [-0.1, -0.05) is 60.2 Å². The lowest BCUT2D eigenvalue weighted by molar-refractivity contribution is 0.146.